The lowest BCUT2D eigenvalue weighted by atomic mass is 10.1. The number of benzene rings is 2. The molecule has 0 amide bonds. The summed E-state index contributed by atoms with van der Waals surface area (Å²) in [5.74, 6) is 0.816. The summed E-state index contributed by atoms with van der Waals surface area (Å²) in [5, 5.41) is 4.04. The predicted octanol–water partition coefficient (Wildman–Crippen LogP) is 4.22. The third-order valence-corrected chi connectivity index (χ3v) is 4.22. The van der Waals surface area contributed by atoms with E-state index < -0.39 is 0 Å². The normalized spacial score (nSPS) is 12.0. The van der Waals surface area contributed by atoms with Crippen LogP contribution in [0.3, 0.4) is 0 Å². The van der Waals surface area contributed by atoms with E-state index in [1.165, 1.54) is 0 Å². The van der Waals surface area contributed by atoms with Gasteiger partial charge in [0.05, 0.1) is 18.2 Å². The molecular formula is C15H16BrClN2O. The Morgan fingerprint density at radius 3 is 2.75 bits per heavy atom. The molecule has 0 heterocycles. The number of hydrogen-bond donors (Lipinski definition) is 2. The first kappa shape index (κ1) is 15.2. The van der Waals surface area contributed by atoms with E-state index in [4.69, 9.17) is 22.1 Å². The molecule has 20 heavy (non-hydrogen) atoms. The zero-order valence-corrected chi connectivity index (χ0v) is 13.4. The van der Waals surface area contributed by atoms with E-state index in [1.807, 2.05) is 42.5 Å². The smallest absolute Gasteiger partial charge is 0.119 e. The minimum atomic E-state index is 0.00217. The van der Waals surface area contributed by atoms with Crippen LogP contribution in [-0.4, -0.2) is 13.7 Å². The Morgan fingerprint density at radius 1 is 1.30 bits per heavy atom. The molecule has 5 heteroatoms. The Kier molecular flexibility index (Phi) is 5.29. The van der Waals surface area contributed by atoms with Crippen molar-refractivity contribution in [1.29, 1.82) is 0 Å². The highest BCUT2D eigenvalue weighted by Crippen LogP contribution is 2.28. The number of rotatable bonds is 5. The first-order valence-electron chi connectivity index (χ1n) is 6.19. The van der Waals surface area contributed by atoms with Crippen LogP contribution in [0.15, 0.2) is 46.9 Å². The quantitative estimate of drug-likeness (QED) is 0.844. The van der Waals surface area contributed by atoms with Crippen LogP contribution in [0.5, 0.6) is 5.75 Å². The monoisotopic (exact) mass is 354 g/mol. The maximum Gasteiger partial charge on any atom is 0.119 e. The van der Waals surface area contributed by atoms with Crippen molar-refractivity contribution >= 4 is 33.2 Å². The van der Waals surface area contributed by atoms with E-state index in [0.29, 0.717) is 11.6 Å². The molecule has 3 nitrogen and oxygen atoms in total. The van der Waals surface area contributed by atoms with Gasteiger partial charge in [-0.25, -0.2) is 0 Å². The molecule has 0 aliphatic rings. The molecule has 0 aliphatic heterocycles. The van der Waals surface area contributed by atoms with E-state index in [2.05, 4.69) is 21.2 Å². The van der Waals surface area contributed by atoms with Crippen LogP contribution in [0, 0.1) is 0 Å². The van der Waals surface area contributed by atoms with Crippen molar-refractivity contribution < 1.29 is 4.74 Å². The molecule has 0 bridgehead atoms. The summed E-state index contributed by atoms with van der Waals surface area (Å²) in [6.07, 6.45) is 0. The lowest BCUT2D eigenvalue weighted by Gasteiger charge is -2.19. The minimum absolute atomic E-state index is 0.00217. The van der Waals surface area contributed by atoms with Gasteiger partial charge in [-0.2, -0.15) is 0 Å². The summed E-state index contributed by atoms with van der Waals surface area (Å²) in [6.45, 7) is 0.473. The third kappa shape index (κ3) is 3.66. The number of anilines is 1. The van der Waals surface area contributed by atoms with Gasteiger partial charge in [-0.05, 0) is 51.8 Å². The third-order valence-electron chi connectivity index (χ3n) is 2.99. The Balaban J connectivity index is 2.21. The van der Waals surface area contributed by atoms with Gasteiger partial charge in [0.15, 0.2) is 0 Å². The van der Waals surface area contributed by atoms with Crippen molar-refractivity contribution in [2.75, 3.05) is 19.0 Å². The maximum absolute atomic E-state index is 6.10. The summed E-state index contributed by atoms with van der Waals surface area (Å²) in [4.78, 5) is 0. The molecule has 0 saturated heterocycles. The van der Waals surface area contributed by atoms with Crippen LogP contribution in [-0.2, 0) is 0 Å². The fourth-order valence-electron chi connectivity index (χ4n) is 1.92. The maximum atomic E-state index is 6.10. The molecule has 2 rings (SSSR count). The fraction of sp³-hybridized carbons (Fsp3) is 0.200. The number of halogens is 2. The van der Waals surface area contributed by atoms with Gasteiger partial charge in [-0.3, -0.25) is 0 Å². The van der Waals surface area contributed by atoms with E-state index >= 15 is 0 Å². The molecule has 0 radical (unpaired) electrons. The summed E-state index contributed by atoms with van der Waals surface area (Å²) in [7, 11) is 1.65. The lowest BCUT2D eigenvalue weighted by Crippen LogP contribution is -2.20. The largest absolute Gasteiger partial charge is 0.497 e. The highest BCUT2D eigenvalue weighted by Gasteiger charge is 2.11. The van der Waals surface area contributed by atoms with Crippen molar-refractivity contribution in [2.24, 2.45) is 5.73 Å². The van der Waals surface area contributed by atoms with Crippen LogP contribution in [0.25, 0.3) is 0 Å². The molecule has 0 aromatic heterocycles. The van der Waals surface area contributed by atoms with Crippen LogP contribution in [0.4, 0.5) is 5.69 Å². The van der Waals surface area contributed by atoms with Crippen LogP contribution in [0.1, 0.15) is 11.6 Å². The van der Waals surface area contributed by atoms with Crippen molar-refractivity contribution in [3.05, 3.63) is 57.5 Å². The molecule has 3 N–H and O–H groups in total. The summed E-state index contributed by atoms with van der Waals surface area (Å²) in [6, 6.07) is 13.6. The van der Waals surface area contributed by atoms with Gasteiger partial charge in [0, 0.05) is 16.7 Å². The number of methoxy groups -OCH3 is 1. The number of hydrogen-bond acceptors (Lipinski definition) is 3. The van der Waals surface area contributed by atoms with Crippen molar-refractivity contribution in [1.82, 2.24) is 0 Å². The average molecular weight is 356 g/mol. The minimum Gasteiger partial charge on any atom is -0.497 e. The van der Waals surface area contributed by atoms with Crippen molar-refractivity contribution in [2.45, 2.75) is 6.04 Å². The lowest BCUT2D eigenvalue weighted by molar-refractivity contribution is 0.414. The van der Waals surface area contributed by atoms with Gasteiger partial charge < -0.3 is 15.8 Å². The molecular weight excluding hydrogens is 340 g/mol. The second-order valence-electron chi connectivity index (χ2n) is 4.34. The zero-order valence-electron chi connectivity index (χ0n) is 11.1. The van der Waals surface area contributed by atoms with Gasteiger partial charge in [-0.15, -0.1) is 0 Å². The highest BCUT2D eigenvalue weighted by molar-refractivity contribution is 9.10. The molecule has 0 aliphatic carbocycles. The number of nitrogens with one attached hydrogen (secondary N) is 1. The number of ether oxygens (including phenoxy) is 1. The van der Waals surface area contributed by atoms with E-state index in [0.717, 1.165) is 21.5 Å². The van der Waals surface area contributed by atoms with Crippen molar-refractivity contribution in [3.8, 4) is 5.75 Å². The molecule has 0 saturated carbocycles. The Labute approximate surface area is 132 Å². The Bertz CT molecular complexity index is 592. The Morgan fingerprint density at radius 2 is 2.10 bits per heavy atom. The van der Waals surface area contributed by atoms with Gasteiger partial charge >= 0.3 is 0 Å². The van der Waals surface area contributed by atoms with Crippen molar-refractivity contribution in [3.63, 3.8) is 0 Å². The van der Waals surface area contributed by atoms with Crippen LogP contribution < -0.4 is 15.8 Å². The SMILES string of the molecule is COc1cccc(C(CN)Nc2ccc(Br)c(Cl)c2)c1. The summed E-state index contributed by atoms with van der Waals surface area (Å²) in [5.41, 5.74) is 7.87. The van der Waals surface area contributed by atoms with E-state index in [1.54, 1.807) is 7.11 Å². The van der Waals surface area contributed by atoms with Gasteiger partial charge in [0.1, 0.15) is 5.75 Å². The molecule has 1 atom stereocenters. The van der Waals surface area contributed by atoms with E-state index in [9.17, 15) is 0 Å². The Hall–Kier alpha value is -1.23. The molecule has 0 fully saturated rings. The standard InChI is InChI=1S/C15H16BrClN2O/c1-20-12-4-2-3-10(7-12)15(9-18)19-11-5-6-13(16)14(17)8-11/h2-8,15,19H,9,18H2,1H3. The second kappa shape index (κ2) is 6.97. The molecule has 0 spiro atoms. The van der Waals surface area contributed by atoms with Gasteiger partial charge in [0.25, 0.3) is 0 Å². The predicted molar refractivity (Wildman–Crippen MR) is 87.6 cm³/mol. The molecule has 2 aromatic rings. The first-order chi connectivity index (χ1) is 9.63. The van der Waals surface area contributed by atoms with E-state index in [-0.39, 0.29) is 6.04 Å². The highest BCUT2D eigenvalue weighted by atomic mass is 79.9. The number of nitrogens with two attached hydrogens (primary N) is 1. The fourth-order valence-corrected chi connectivity index (χ4v) is 2.35. The van der Waals surface area contributed by atoms with Gasteiger partial charge in [-0.1, -0.05) is 23.7 Å². The average Bonchev–Trinajstić information content (AvgIpc) is 2.48. The van der Waals surface area contributed by atoms with Gasteiger partial charge in [0.2, 0.25) is 0 Å². The molecule has 106 valence electrons. The van der Waals surface area contributed by atoms with Crippen LogP contribution in [0.2, 0.25) is 5.02 Å². The summed E-state index contributed by atoms with van der Waals surface area (Å²) >= 11 is 9.47. The zero-order chi connectivity index (χ0) is 14.5. The molecule has 1 unspecified atom stereocenters. The van der Waals surface area contributed by atoms with Crippen LogP contribution >= 0.6 is 27.5 Å². The molecule has 2 aromatic carbocycles. The second-order valence-corrected chi connectivity index (χ2v) is 5.60. The summed E-state index contributed by atoms with van der Waals surface area (Å²) < 4.78 is 6.11. The topological polar surface area (TPSA) is 47.3 Å². The first-order valence-corrected chi connectivity index (χ1v) is 7.36.